The van der Waals surface area contributed by atoms with E-state index in [1.165, 1.54) is 5.56 Å². The number of aromatic nitrogens is 2. The molecule has 1 aliphatic heterocycles. The maximum absolute atomic E-state index is 12.7. The van der Waals surface area contributed by atoms with Crippen molar-refractivity contribution in [1.82, 2.24) is 14.9 Å². The van der Waals surface area contributed by atoms with Crippen molar-refractivity contribution in [1.29, 1.82) is 0 Å². The van der Waals surface area contributed by atoms with Gasteiger partial charge in [0.2, 0.25) is 5.95 Å². The van der Waals surface area contributed by atoms with Gasteiger partial charge in [0, 0.05) is 31.6 Å². The van der Waals surface area contributed by atoms with Crippen LogP contribution in [0.15, 0.2) is 76.6 Å². The molecule has 0 spiro atoms. The SMILES string of the molecule is O=c1[nH]c(N/N=C\c2c(O)ccc3ccccc23)nc2c1CN(Cc1ccccc1)CC2. The highest BCUT2D eigenvalue weighted by Gasteiger charge is 2.21. The molecule has 3 aromatic carbocycles. The van der Waals surface area contributed by atoms with Gasteiger partial charge in [-0.05, 0) is 22.4 Å². The lowest BCUT2D eigenvalue weighted by molar-refractivity contribution is 0.242. The molecule has 0 unspecified atom stereocenters. The molecule has 0 aliphatic carbocycles. The molecule has 0 atom stereocenters. The summed E-state index contributed by atoms with van der Waals surface area (Å²) >= 11 is 0. The molecule has 7 nitrogen and oxygen atoms in total. The van der Waals surface area contributed by atoms with E-state index >= 15 is 0 Å². The number of aromatic hydroxyl groups is 1. The summed E-state index contributed by atoms with van der Waals surface area (Å²) in [5, 5.41) is 16.3. The zero-order chi connectivity index (χ0) is 21.9. The van der Waals surface area contributed by atoms with Crippen molar-refractivity contribution in [3.63, 3.8) is 0 Å². The Hall–Kier alpha value is -3.97. The Morgan fingerprint density at radius 1 is 1.09 bits per heavy atom. The van der Waals surface area contributed by atoms with Gasteiger partial charge in [-0.3, -0.25) is 14.7 Å². The number of nitrogens with one attached hydrogen (secondary N) is 2. The molecule has 0 saturated heterocycles. The minimum Gasteiger partial charge on any atom is -0.507 e. The van der Waals surface area contributed by atoms with Gasteiger partial charge in [-0.15, -0.1) is 0 Å². The van der Waals surface area contributed by atoms with E-state index in [1.807, 2.05) is 48.5 Å². The summed E-state index contributed by atoms with van der Waals surface area (Å²) in [7, 11) is 0. The Morgan fingerprint density at radius 2 is 1.91 bits per heavy atom. The molecule has 1 aliphatic rings. The van der Waals surface area contributed by atoms with Crippen LogP contribution in [0.3, 0.4) is 0 Å². The summed E-state index contributed by atoms with van der Waals surface area (Å²) in [6, 6.07) is 21.5. The number of phenolic OH excluding ortho intramolecular Hbond substituents is 1. The van der Waals surface area contributed by atoms with Gasteiger partial charge >= 0.3 is 0 Å². The van der Waals surface area contributed by atoms with E-state index in [0.29, 0.717) is 30.0 Å². The second-order valence-electron chi connectivity index (χ2n) is 7.88. The van der Waals surface area contributed by atoms with Crippen LogP contribution in [0.1, 0.15) is 22.4 Å². The molecule has 0 saturated carbocycles. The van der Waals surface area contributed by atoms with E-state index in [2.05, 4.69) is 37.5 Å². The van der Waals surface area contributed by atoms with Crippen LogP contribution in [-0.4, -0.2) is 32.7 Å². The van der Waals surface area contributed by atoms with Gasteiger partial charge in [0.1, 0.15) is 5.75 Å². The largest absolute Gasteiger partial charge is 0.507 e. The van der Waals surface area contributed by atoms with Crippen molar-refractivity contribution < 1.29 is 5.11 Å². The van der Waals surface area contributed by atoms with E-state index in [-0.39, 0.29) is 11.3 Å². The Labute approximate surface area is 185 Å². The lowest BCUT2D eigenvalue weighted by Gasteiger charge is -2.27. The van der Waals surface area contributed by atoms with E-state index < -0.39 is 0 Å². The number of hydrogen-bond acceptors (Lipinski definition) is 6. The summed E-state index contributed by atoms with van der Waals surface area (Å²) < 4.78 is 0. The third kappa shape index (κ3) is 4.10. The molecule has 0 bridgehead atoms. The van der Waals surface area contributed by atoms with Crippen LogP contribution in [0.5, 0.6) is 5.75 Å². The van der Waals surface area contributed by atoms with Crippen LogP contribution in [-0.2, 0) is 19.5 Å². The maximum Gasteiger partial charge on any atom is 0.257 e. The van der Waals surface area contributed by atoms with E-state index in [4.69, 9.17) is 0 Å². The number of anilines is 1. The molecule has 0 amide bonds. The van der Waals surface area contributed by atoms with Gasteiger partial charge in [-0.1, -0.05) is 60.7 Å². The van der Waals surface area contributed by atoms with E-state index in [1.54, 1.807) is 12.3 Å². The number of hydrogen-bond donors (Lipinski definition) is 3. The Kier molecular flexibility index (Phi) is 5.39. The molecule has 5 rings (SSSR count). The van der Waals surface area contributed by atoms with Gasteiger partial charge in [0.15, 0.2) is 0 Å². The minimum absolute atomic E-state index is 0.139. The lowest BCUT2D eigenvalue weighted by atomic mass is 10.0. The van der Waals surface area contributed by atoms with Gasteiger partial charge in [-0.25, -0.2) is 10.4 Å². The molecule has 1 aromatic heterocycles. The monoisotopic (exact) mass is 425 g/mol. The number of aromatic amines is 1. The second-order valence-corrected chi connectivity index (χ2v) is 7.88. The lowest BCUT2D eigenvalue weighted by Crippen LogP contribution is -2.35. The first-order valence-electron chi connectivity index (χ1n) is 10.6. The van der Waals surface area contributed by atoms with Crippen molar-refractivity contribution in [2.75, 3.05) is 12.0 Å². The molecule has 160 valence electrons. The van der Waals surface area contributed by atoms with Crippen molar-refractivity contribution in [2.45, 2.75) is 19.5 Å². The fourth-order valence-corrected chi connectivity index (χ4v) is 4.09. The predicted molar refractivity (Wildman–Crippen MR) is 126 cm³/mol. The molecule has 3 N–H and O–H groups in total. The first-order chi connectivity index (χ1) is 15.7. The highest BCUT2D eigenvalue weighted by atomic mass is 16.3. The average molecular weight is 425 g/mol. The Balaban J connectivity index is 1.32. The van der Waals surface area contributed by atoms with Crippen molar-refractivity contribution in [3.8, 4) is 5.75 Å². The highest BCUT2D eigenvalue weighted by molar-refractivity contribution is 6.02. The second kappa shape index (κ2) is 8.64. The first kappa shape index (κ1) is 20.0. The van der Waals surface area contributed by atoms with Crippen molar-refractivity contribution in [3.05, 3.63) is 99.5 Å². The molecular weight excluding hydrogens is 402 g/mol. The minimum atomic E-state index is -0.154. The predicted octanol–water partition coefficient (Wildman–Crippen LogP) is 3.63. The van der Waals surface area contributed by atoms with Crippen molar-refractivity contribution in [2.24, 2.45) is 5.10 Å². The van der Waals surface area contributed by atoms with Crippen LogP contribution in [0, 0.1) is 0 Å². The maximum atomic E-state index is 12.7. The zero-order valence-corrected chi connectivity index (χ0v) is 17.5. The number of nitrogens with zero attached hydrogens (tertiary/aromatic N) is 3. The van der Waals surface area contributed by atoms with Gasteiger partial charge < -0.3 is 5.11 Å². The van der Waals surface area contributed by atoms with Crippen LogP contribution < -0.4 is 11.0 Å². The van der Waals surface area contributed by atoms with E-state index in [9.17, 15) is 9.90 Å². The summed E-state index contributed by atoms with van der Waals surface area (Å²) in [4.78, 5) is 22.3. The van der Waals surface area contributed by atoms with Crippen LogP contribution in [0.25, 0.3) is 10.8 Å². The summed E-state index contributed by atoms with van der Waals surface area (Å²) in [5.41, 5.74) is 5.98. The standard InChI is InChI=1S/C25H23N5O2/c31-23-11-10-18-8-4-5-9-19(18)20(23)14-26-29-25-27-22-12-13-30(16-21(22)24(32)28-25)15-17-6-2-1-3-7-17/h1-11,14,31H,12-13,15-16H2,(H2,27,28,29,32)/b26-14-. The van der Waals surface area contributed by atoms with Gasteiger partial charge in [-0.2, -0.15) is 5.10 Å². The van der Waals surface area contributed by atoms with E-state index in [0.717, 1.165) is 29.6 Å². The number of fused-ring (bicyclic) bond motifs is 2. The molecule has 7 heteroatoms. The summed E-state index contributed by atoms with van der Waals surface area (Å²) in [6.07, 6.45) is 2.24. The normalized spacial score (nSPS) is 14.0. The van der Waals surface area contributed by atoms with Gasteiger partial charge in [0.05, 0.1) is 17.5 Å². The van der Waals surface area contributed by atoms with Crippen LogP contribution in [0.2, 0.25) is 0 Å². The fraction of sp³-hybridized carbons (Fsp3) is 0.160. The quantitative estimate of drug-likeness (QED) is 0.335. The topological polar surface area (TPSA) is 93.6 Å². The number of hydrazone groups is 1. The number of rotatable bonds is 5. The first-order valence-corrected chi connectivity index (χ1v) is 10.6. The van der Waals surface area contributed by atoms with Gasteiger partial charge in [0.25, 0.3) is 5.56 Å². The summed E-state index contributed by atoms with van der Waals surface area (Å²) in [5.74, 6) is 0.431. The summed E-state index contributed by atoms with van der Waals surface area (Å²) in [6.45, 7) is 2.21. The third-order valence-corrected chi connectivity index (χ3v) is 5.71. The Morgan fingerprint density at radius 3 is 2.78 bits per heavy atom. The smallest absolute Gasteiger partial charge is 0.257 e. The number of phenols is 1. The number of H-pyrrole nitrogens is 1. The third-order valence-electron chi connectivity index (χ3n) is 5.71. The average Bonchev–Trinajstić information content (AvgIpc) is 2.82. The zero-order valence-electron chi connectivity index (χ0n) is 17.5. The van der Waals surface area contributed by atoms with Crippen LogP contribution in [0.4, 0.5) is 5.95 Å². The van der Waals surface area contributed by atoms with Crippen molar-refractivity contribution >= 4 is 22.9 Å². The Bertz CT molecular complexity index is 1350. The number of benzene rings is 3. The fourth-order valence-electron chi connectivity index (χ4n) is 4.09. The van der Waals surface area contributed by atoms with Crippen LogP contribution >= 0.6 is 0 Å². The molecule has 0 radical (unpaired) electrons. The molecule has 4 aromatic rings. The molecule has 0 fully saturated rings. The molecule has 32 heavy (non-hydrogen) atoms. The molecule has 2 heterocycles. The highest BCUT2D eigenvalue weighted by Crippen LogP contribution is 2.25. The molecular formula is C25H23N5O2.